The highest BCUT2D eigenvalue weighted by Crippen LogP contribution is 2.45. The summed E-state index contributed by atoms with van der Waals surface area (Å²) in [4.78, 5) is 32.7. The SMILES string of the molecule is CCC(O)(C(O)O)C(CC(=O)O)(CC(=O)O)CC(=O)O. The van der Waals surface area contributed by atoms with E-state index in [1.165, 1.54) is 6.92 Å². The number of aliphatic hydroxyl groups is 3. The molecule has 0 aliphatic heterocycles. The van der Waals surface area contributed by atoms with Crippen LogP contribution >= 0.6 is 0 Å². The minimum atomic E-state index is -2.58. The molecule has 1 unspecified atom stereocenters. The molecule has 9 heteroatoms. The van der Waals surface area contributed by atoms with Crippen molar-refractivity contribution in [3.8, 4) is 0 Å². The summed E-state index contributed by atoms with van der Waals surface area (Å²) >= 11 is 0. The Morgan fingerprint density at radius 1 is 0.900 bits per heavy atom. The van der Waals surface area contributed by atoms with Gasteiger partial charge in [-0.25, -0.2) is 0 Å². The molecule has 0 aliphatic carbocycles. The van der Waals surface area contributed by atoms with Gasteiger partial charge in [-0.1, -0.05) is 6.92 Å². The predicted molar refractivity (Wildman–Crippen MR) is 62.7 cm³/mol. The summed E-state index contributed by atoms with van der Waals surface area (Å²) in [5.41, 5.74) is -4.83. The zero-order valence-corrected chi connectivity index (χ0v) is 10.8. The normalized spacial score (nSPS) is 14.8. The van der Waals surface area contributed by atoms with E-state index in [9.17, 15) is 29.7 Å². The molecule has 0 saturated heterocycles. The van der Waals surface area contributed by atoms with E-state index < -0.39 is 60.9 Å². The summed E-state index contributed by atoms with van der Waals surface area (Å²) in [6.07, 6.45) is -6.02. The number of aliphatic hydroxyl groups excluding tert-OH is 1. The molecule has 0 spiro atoms. The van der Waals surface area contributed by atoms with Crippen molar-refractivity contribution in [2.45, 2.75) is 44.5 Å². The maximum absolute atomic E-state index is 10.9. The van der Waals surface area contributed by atoms with E-state index in [1.807, 2.05) is 0 Å². The summed E-state index contributed by atoms with van der Waals surface area (Å²) in [5, 5.41) is 55.4. The van der Waals surface area contributed by atoms with Crippen LogP contribution in [0.15, 0.2) is 0 Å². The molecule has 0 amide bonds. The maximum atomic E-state index is 10.9. The molecule has 1 atom stereocenters. The van der Waals surface area contributed by atoms with Gasteiger partial charge in [0.15, 0.2) is 6.29 Å². The fourth-order valence-electron chi connectivity index (χ4n) is 2.35. The van der Waals surface area contributed by atoms with Crippen LogP contribution in [0, 0.1) is 5.41 Å². The van der Waals surface area contributed by atoms with Gasteiger partial charge < -0.3 is 30.6 Å². The predicted octanol–water partition coefficient (Wildman–Crippen LogP) is -1.15. The number of carboxylic acids is 3. The van der Waals surface area contributed by atoms with Crippen LogP contribution in [-0.4, -0.2) is 60.4 Å². The second-order valence-corrected chi connectivity index (χ2v) is 4.64. The molecule has 0 rings (SSSR count). The van der Waals surface area contributed by atoms with Gasteiger partial charge in [-0.05, 0) is 6.42 Å². The van der Waals surface area contributed by atoms with Gasteiger partial charge in [0.25, 0.3) is 0 Å². The van der Waals surface area contributed by atoms with Crippen LogP contribution in [0.4, 0.5) is 0 Å². The quantitative estimate of drug-likeness (QED) is 0.287. The Morgan fingerprint density at radius 3 is 1.35 bits per heavy atom. The molecule has 0 aromatic heterocycles. The van der Waals surface area contributed by atoms with E-state index in [0.29, 0.717) is 0 Å². The third-order valence-corrected chi connectivity index (χ3v) is 3.35. The fourth-order valence-corrected chi connectivity index (χ4v) is 2.35. The molecule has 9 nitrogen and oxygen atoms in total. The first-order valence-corrected chi connectivity index (χ1v) is 5.74. The molecular formula is C11H18O9. The number of hydrogen-bond donors (Lipinski definition) is 6. The molecule has 0 saturated carbocycles. The first-order chi connectivity index (χ1) is 9.00. The van der Waals surface area contributed by atoms with E-state index in [2.05, 4.69) is 0 Å². The van der Waals surface area contributed by atoms with Crippen molar-refractivity contribution in [1.29, 1.82) is 0 Å². The fraction of sp³-hybridized carbons (Fsp3) is 0.727. The molecule has 0 aliphatic rings. The van der Waals surface area contributed by atoms with Crippen LogP contribution in [0.3, 0.4) is 0 Å². The molecule has 0 heterocycles. The van der Waals surface area contributed by atoms with Crippen molar-refractivity contribution in [1.82, 2.24) is 0 Å². The van der Waals surface area contributed by atoms with Crippen molar-refractivity contribution < 1.29 is 45.0 Å². The van der Waals surface area contributed by atoms with E-state index in [4.69, 9.17) is 15.3 Å². The second kappa shape index (κ2) is 6.64. The molecule has 0 fully saturated rings. The molecule has 116 valence electrons. The molecule has 0 bridgehead atoms. The van der Waals surface area contributed by atoms with Crippen molar-refractivity contribution in [2.24, 2.45) is 5.41 Å². The van der Waals surface area contributed by atoms with Gasteiger partial charge in [-0.3, -0.25) is 14.4 Å². The number of aliphatic carboxylic acids is 3. The zero-order chi connectivity index (χ0) is 16.1. The van der Waals surface area contributed by atoms with E-state index in [-0.39, 0.29) is 0 Å². The number of carboxylic acid groups (broad SMARTS) is 3. The van der Waals surface area contributed by atoms with Gasteiger partial charge in [-0.15, -0.1) is 0 Å². The number of rotatable bonds is 9. The first-order valence-electron chi connectivity index (χ1n) is 5.74. The summed E-state index contributed by atoms with van der Waals surface area (Å²) in [5.74, 6) is -4.67. The Bertz CT molecular complexity index is 349. The highest BCUT2D eigenvalue weighted by atomic mass is 16.5. The van der Waals surface area contributed by atoms with Gasteiger partial charge in [0, 0.05) is 5.41 Å². The van der Waals surface area contributed by atoms with E-state index >= 15 is 0 Å². The standard InChI is InChI=1S/C11H18O9/c1-2-11(20,9(18)19)10(3-6(12)13,4-7(14)15)5-8(16)17/h9,18-20H,2-5H2,1H3,(H,12,13)(H,14,15)(H,16,17). The molecular weight excluding hydrogens is 276 g/mol. The summed E-state index contributed by atoms with van der Waals surface area (Å²) in [6.45, 7) is 1.26. The lowest BCUT2D eigenvalue weighted by atomic mass is 9.63. The average Bonchev–Trinajstić information content (AvgIpc) is 2.24. The Hall–Kier alpha value is -1.71. The number of carbonyl (C=O) groups is 3. The highest BCUT2D eigenvalue weighted by Gasteiger charge is 2.56. The molecule has 6 N–H and O–H groups in total. The maximum Gasteiger partial charge on any atom is 0.304 e. The second-order valence-electron chi connectivity index (χ2n) is 4.64. The van der Waals surface area contributed by atoms with E-state index in [0.717, 1.165) is 0 Å². The molecule has 20 heavy (non-hydrogen) atoms. The van der Waals surface area contributed by atoms with Crippen molar-refractivity contribution >= 4 is 17.9 Å². The van der Waals surface area contributed by atoms with Crippen LogP contribution in [0.5, 0.6) is 0 Å². The lowest BCUT2D eigenvalue weighted by Gasteiger charge is -2.45. The van der Waals surface area contributed by atoms with Crippen molar-refractivity contribution in [2.75, 3.05) is 0 Å². The van der Waals surface area contributed by atoms with Gasteiger partial charge in [-0.2, -0.15) is 0 Å². The average molecular weight is 294 g/mol. The molecule has 0 aromatic carbocycles. The largest absolute Gasteiger partial charge is 0.481 e. The third-order valence-electron chi connectivity index (χ3n) is 3.35. The first kappa shape index (κ1) is 18.3. The summed E-state index contributed by atoms with van der Waals surface area (Å²) in [7, 11) is 0. The topological polar surface area (TPSA) is 173 Å². The Kier molecular flexibility index (Phi) is 6.07. The minimum absolute atomic E-state index is 0.432. The minimum Gasteiger partial charge on any atom is -0.481 e. The van der Waals surface area contributed by atoms with Crippen LogP contribution in [0.1, 0.15) is 32.6 Å². The lowest BCUT2D eigenvalue weighted by Crippen LogP contribution is -2.58. The monoisotopic (exact) mass is 294 g/mol. The van der Waals surface area contributed by atoms with Gasteiger partial charge >= 0.3 is 17.9 Å². The van der Waals surface area contributed by atoms with Gasteiger partial charge in [0.05, 0.1) is 19.3 Å². The Morgan fingerprint density at radius 2 is 1.20 bits per heavy atom. The third kappa shape index (κ3) is 3.89. The highest BCUT2D eigenvalue weighted by molar-refractivity contribution is 5.76. The Labute approximate surface area is 114 Å². The van der Waals surface area contributed by atoms with Gasteiger partial charge in [0.1, 0.15) is 5.60 Å². The van der Waals surface area contributed by atoms with Crippen LogP contribution in [0.2, 0.25) is 0 Å². The van der Waals surface area contributed by atoms with Gasteiger partial charge in [0.2, 0.25) is 0 Å². The molecule has 0 aromatic rings. The lowest BCUT2D eigenvalue weighted by molar-refractivity contribution is -0.245. The van der Waals surface area contributed by atoms with Crippen LogP contribution in [-0.2, 0) is 14.4 Å². The van der Waals surface area contributed by atoms with E-state index in [1.54, 1.807) is 0 Å². The number of hydrogen-bond acceptors (Lipinski definition) is 6. The van der Waals surface area contributed by atoms with Crippen LogP contribution < -0.4 is 0 Å². The van der Waals surface area contributed by atoms with Crippen LogP contribution in [0.25, 0.3) is 0 Å². The summed E-state index contributed by atoms with van der Waals surface area (Å²) in [6, 6.07) is 0. The van der Waals surface area contributed by atoms with Crippen molar-refractivity contribution in [3.63, 3.8) is 0 Å². The van der Waals surface area contributed by atoms with Crippen molar-refractivity contribution in [3.05, 3.63) is 0 Å². The molecule has 0 radical (unpaired) electrons. The summed E-state index contributed by atoms with van der Waals surface area (Å²) < 4.78 is 0. The smallest absolute Gasteiger partial charge is 0.304 e. The zero-order valence-electron chi connectivity index (χ0n) is 10.8. The Balaban J connectivity index is 5.98.